The summed E-state index contributed by atoms with van der Waals surface area (Å²) >= 11 is 6.05. The molecule has 5 nitrogen and oxygen atoms in total. The average molecular weight is 379 g/mol. The molecule has 1 aromatic heterocycles. The van der Waals surface area contributed by atoms with E-state index in [0.29, 0.717) is 22.1 Å². The lowest BCUT2D eigenvalue weighted by molar-refractivity contribution is 0.479. The number of rotatable bonds is 4. The first-order valence-corrected chi connectivity index (χ1v) is 9.24. The van der Waals surface area contributed by atoms with Crippen LogP contribution in [-0.4, -0.2) is 16.1 Å². The van der Waals surface area contributed by atoms with Crippen molar-refractivity contribution >= 4 is 17.4 Å². The van der Waals surface area contributed by atoms with Gasteiger partial charge in [-0.15, -0.1) is 0 Å². The van der Waals surface area contributed by atoms with Crippen molar-refractivity contribution in [1.82, 2.24) is 9.55 Å². The Hall–Kier alpha value is -2.97. The maximum Gasteiger partial charge on any atom is 0.145 e. The van der Waals surface area contributed by atoms with Crippen LogP contribution in [0.15, 0.2) is 55.0 Å². The average Bonchev–Trinajstić information content (AvgIpc) is 3.30. The van der Waals surface area contributed by atoms with Crippen LogP contribution in [-0.2, 0) is 7.05 Å². The maximum atomic E-state index is 9.47. The Labute approximate surface area is 163 Å². The second-order valence-electron chi connectivity index (χ2n) is 6.64. The fourth-order valence-electron chi connectivity index (χ4n) is 3.59. The Morgan fingerprint density at radius 2 is 2.15 bits per heavy atom. The molecule has 3 aromatic rings. The van der Waals surface area contributed by atoms with Crippen LogP contribution >= 0.6 is 11.6 Å². The summed E-state index contributed by atoms with van der Waals surface area (Å²) in [7, 11) is 2.00. The summed E-state index contributed by atoms with van der Waals surface area (Å²) in [6, 6.07) is 15.5. The molecule has 0 radical (unpaired) electrons. The minimum atomic E-state index is 0.231. The number of hydrogen-bond acceptors (Lipinski definition) is 4. The molecule has 0 amide bonds. The zero-order valence-corrected chi connectivity index (χ0v) is 15.7. The third kappa shape index (κ3) is 3.49. The summed E-state index contributed by atoms with van der Waals surface area (Å²) in [5, 5.41) is 10.1. The van der Waals surface area contributed by atoms with Crippen molar-refractivity contribution in [3.8, 4) is 17.6 Å². The molecule has 1 atom stereocenters. The molecule has 136 valence electrons. The molecule has 2 aromatic carbocycles. The number of halogens is 1. The molecule has 0 bridgehead atoms. The molecular formula is C21H19ClN4O. The summed E-state index contributed by atoms with van der Waals surface area (Å²) in [5.41, 5.74) is 1.63. The van der Waals surface area contributed by atoms with Crippen molar-refractivity contribution in [3.05, 3.63) is 71.1 Å². The number of ether oxygens (including phenoxy) is 1. The molecule has 0 spiro atoms. The third-order valence-electron chi connectivity index (χ3n) is 4.87. The molecular weight excluding hydrogens is 360 g/mol. The van der Waals surface area contributed by atoms with Gasteiger partial charge in [-0.2, -0.15) is 5.26 Å². The van der Waals surface area contributed by atoms with Crippen LogP contribution in [0.5, 0.6) is 11.5 Å². The van der Waals surface area contributed by atoms with E-state index in [1.807, 2.05) is 54.5 Å². The van der Waals surface area contributed by atoms with E-state index in [1.165, 1.54) is 0 Å². The van der Waals surface area contributed by atoms with Crippen molar-refractivity contribution in [2.45, 2.75) is 18.9 Å². The van der Waals surface area contributed by atoms with Crippen molar-refractivity contribution in [2.75, 3.05) is 11.4 Å². The van der Waals surface area contributed by atoms with E-state index >= 15 is 0 Å². The van der Waals surface area contributed by atoms with Gasteiger partial charge in [-0.3, -0.25) is 0 Å². The van der Waals surface area contributed by atoms with E-state index in [1.54, 1.807) is 12.1 Å². The van der Waals surface area contributed by atoms with Crippen LogP contribution in [0.3, 0.4) is 0 Å². The molecule has 1 aliphatic rings. The molecule has 4 rings (SSSR count). The lowest BCUT2D eigenvalue weighted by Crippen LogP contribution is -2.24. The highest BCUT2D eigenvalue weighted by atomic mass is 35.5. The van der Waals surface area contributed by atoms with Gasteiger partial charge in [0, 0.05) is 18.6 Å². The van der Waals surface area contributed by atoms with E-state index in [0.717, 1.165) is 30.8 Å². The summed E-state index contributed by atoms with van der Waals surface area (Å²) < 4.78 is 8.02. The fourth-order valence-corrected chi connectivity index (χ4v) is 3.78. The molecule has 1 saturated heterocycles. The van der Waals surface area contributed by atoms with E-state index in [9.17, 15) is 5.26 Å². The summed E-state index contributed by atoms with van der Waals surface area (Å²) in [6.07, 6.45) is 5.87. The Morgan fingerprint density at radius 1 is 1.26 bits per heavy atom. The number of nitriles is 1. The number of benzene rings is 2. The molecule has 1 aliphatic heterocycles. The minimum absolute atomic E-state index is 0.231. The minimum Gasteiger partial charge on any atom is -0.456 e. The summed E-state index contributed by atoms with van der Waals surface area (Å²) in [5.74, 6) is 2.26. The predicted molar refractivity (Wildman–Crippen MR) is 105 cm³/mol. The Kier molecular flexibility index (Phi) is 4.74. The van der Waals surface area contributed by atoms with Gasteiger partial charge in [0.25, 0.3) is 0 Å². The Balaban J connectivity index is 1.68. The van der Waals surface area contributed by atoms with Crippen molar-refractivity contribution in [3.63, 3.8) is 0 Å². The maximum absolute atomic E-state index is 9.47. The topological polar surface area (TPSA) is 54.1 Å². The first-order valence-electron chi connectivity index (χ1n) is 8.86. The van der Waals surface area contributed by atoms with E-state index < -0.39 is 0 Å². The second kappa shape index (κ2) is 7.34. The number of anilines is 1. The highest BCUT2D eigenvalue weighted by molar-refractivity contribution is 6.30. The highest BCUT2D eigenvalue weighted by Gasteiger charge is 2.28. The van der Waals surface area contributed by atoms with Gasteiger partial charge in [0.15, 0.2) is 0 Å². The standard InChI is InChI=1S/C21H19ClN4O/c1-25-14-24-13-21(25)26-9-3-6-19(26)15-7-8-16(12-23)20(10-15)27-18-5-2-4-17(22)11-18/h2,4-5,7-8,10-11,13-14,19H,3,6,9H2,1H3/t19-/m1/s1. The van der Waals surface area contributed by atoms with Gasteiger partial charge in [0.2, 0.25) is 0 Å². The number of nitrogens with zero attached hydrogens (tertiary/aromatic N) is 4. The normalized spacial score (nSPS) is 16.3. The SMILES string of the molecule is Cn1cncc1N1CCC[C@@H]1c1ccc(C#N)c(Oc2cccc(Cl)c2)c1. The summed E-state index contributed by atoms with van der Waals surface area (Å²) in [6.45, 7) is 0.981. The van der Waals surface area contributed by atoms with Crippen LogP contribution in [0.25, 0.3) is 0 Å². The first-order chi connectivity index (χ1) is 13.2. The largest absolute Gasteiger partial charge is 0.456 e. The molecule has 0 saturated carbocycles. The van der Waals surface area contributed by atoms with E-state index in [-0.39, 0.29) is 6.04 Å². The number of aryl methyl sites for hydroxylation is 1. The molecule has 0 unspecified atom stereocenters. The van der Waals surface area contributed by atoms with Crippen LogP contribution in [0.1, 0.15) is 30.0 Å². The number of aromatic nitrogens is 2. The monoisotopic (exact) mass is 378 g/mol. The lowest BCUT2D eigenvalue weighted by Gasteiger charge is -2.27. The van der Waals surface area contributed by atoms with Gasteiger partial charge in [0.05, 0.1) is 24.1 Å². The van der Waals surface area contributed by atoms with E-state index in [2.05, 4.69) is 16.0 Å². The number of hydrogen-bond donors (Lipinski definition) is 0. The molecule has 27 heavy (non-hydrogen) atoms. The van der Waals surface area contributed by atoms with Gasteiger partial charge < -0.3 is 14.2 Å². The Bertz CT molecular complexity index is 1010. The quantitative estimate of drug-likeness (QED) is 0.635. The van der Waals surface area contributed by atoms with Crippen molar-refractivity contribution < 1.29 is 4.74 Å². The van der Waals surface area contributed by atoms with Crippen LogP contribution in [0, 0.1) is 11.3 Å². The summed E-state index contributed by atoms with van der Waals surface area (Å²) in [4.78, 5) is 6.60. The number of imidazole rings is 1. The second-order valence-corrected chi connectivity index (χ2v) is 7.08. The molecule has 1 fully saturated rings. The molecule has 0 N–H and O–H groups in total. The first kappa shape index (κ1) is 17.4. The van der Waals surface area contributed by atoms with Crippen LogP contribution in [0.4, 0.5) is 5.82 Å². The van der Waals surface area contributed by atoms with Gasteiger partial charge in [-0.25, -0.2) is 4.98 Å². The lowest BCUT2D eigenvalue weighted by atomic mass is 10.0. The van der Waals surface area contributed by atoms with Crippen molar-refractivity contribution in [2.24, 2.45) is 7.05 Å². The molecule has 0 aliphatic carbocycles. The zero-order chi connectivity index (χ0) is 18.8. The zero-order valence-electron chi connectivity index (χ0n) is 15.0. The van der Waals surface area contributed by atoms with Gasteiger partial charge in [0.1, 0.15) is 23.4 Å². The van der Waals surface area contributed by atoms with Gasteiger partial charge in [-0.05, 0) is 48.7 Å². The molecule has 6 heteroatoms. The Morgan fingerprint density at radius 3 is 2.89 bits per heavy atom. The van der Waals surface area contributed by atoms with Gasteiger partial charge >= 0.3 is 0 Å². The molecule has 2 heterocycles. The van der Waals surface area contributed by atoms with Crippen molar-refractivity contribution in [1.29, 1.82) is 5.26 Å². The van der Waals surface area contributed by atoms with Crippen LogP contribution in [0.2, 0.25) is 5.02 Å². The smallest absolute Gasteiger partial charge is 0.145 e. The fraction of sp³-hybridized carbons (Fsp3) is 0.238. The predicted octanol–water partition coefficient (Wildman–Crippen LogP) is 5.08. The third-order valence-corrected chi connectivity index (χ3v) is 5.11. The van der Waals surface area contributed by atoms with Crippen LogP contribution < -0.4 is 9.64 Å². The van der Waals surface area contributed by atoms with Gasteiger partial charge in [-0.1, -0.05) is 23.7 Å². The highest BCUT2D eigenvalue weighted by Crippen LogP contribution is 2.38. The van der Waals surface area contributed by atoms with E-state index in [4.69, 9.17) is 16.3 Å².